The van der Waals surface area contributed by atoms with Crippen molar-refractivity contribution < 1.29 is 9.59 Å². The highest BCUT2D eigenvalue weighted by atomic mass is 16.1. The topological polar surface area (TPSA) is 34.1 Å². The second-order valence-electron chi connectivity index (χ2n) is 7.26. The molecular formula is C20H26O2. The van der Waals surface area contributed by atoms with Gasteiger partial charge in [0.25, 0.3) is 0 Å². The van der Waals surface area contributed by atoms with Crippen molar-refractivity contribution in [1.82, 2.24) is 0 Å². The fraction of sp³-hybridized carbons (Fsp3) is 0.500. The van der Waals surface area contributed by atoms with Gasteiger partial charge in [0.05, 0.1) is 0 Å². The number of ketones is 2. The molecule has 2 bridgehead atoms. The minimum atomic E-state index is -0.0673. The highest BCUT2D eigenvalue weighted by Gasteiger charge is 2.40. The summed E-state index contributed by atoms with van der Waals surface area (Å²) >= 11 is 0. The molecule has 0 radical (unpaired) electrons. The fourth-order valence-electron chi connectivity index (χ4n) is 3.61. The molecule has 0 N–H and O–H groups in total. The smallest absolute Gasteiger partial charge is 0.156 e. The molecule has 0 amide bonds. The van der Waals surface area contributed by atoms with Crippen molar-refractivity contribution in [2.75, 3.05) is 0 Å². The summed E-state index contributed by atoms with van der Waals surface area (Å²) in [4.78, 5) is 24.1. The van der Waals surface area contributed by atoms with Crippen LogP contribution >= 0.6 is 0 Å². The molecular weight excluding hydrogens is 272 g/mol. The lowest BCUT2D eigenvalue weighted by Crippen LogP contribution is -2.22. The molecule has 22 heavy (non-hydrogen) atoms. The number of rotatable bonds is 2. The Morgan fingerprint density at radius 1 is 1.05 bits per heavy atom. The van der Waals surface area contributed by atoms with Crippen LogP contribution < -0.4 is 0 Å². The number of hydrogen-bond acceptors (Lipinski definition) is 2. The zero-order valence-electron chi connectivity index (χ0n) is 14.5. The third-order valence-corrected chi connectivity index (χ3v) is 4.84. The molecule has 0 saturated carbocycles. The minimum Gasteiger partial charge on any atom is -0.295 e. The molecule has 0 spiro atoms. The Balaban J connectivity index is 2.74. The highest BCUT2D eigenvalue weighted by Crippen LogP contribution is 2.49. The fourth-order valence-corrected chi connectivity index (χ4v) is 3.61. The van der Waals surface area contributed by atoms with Gasteiger partial charge in [0, 0.05) is 17.4 Å². The lowest BCUT2D eigenvalue weighted by molar-refractivity contribution is -0.114. The molecule has 2 aliphatic rings. The van der Waals surface area contributed by atoms with E-state index in [1.54, 1.807) is 13.8 Å². The van der Waals surface area contributed by atoms with Crippen LogP contribution in [0.15, 0.2) is 46.6 Å². The van der Waals surface area contributed by atoms with E-state index < -0.39 is 0 Å². The quantitative estimate of drug-likeness (QED) is 0.699. The van der Waals surface area contributed by atoms with Crippen LogP contribution in [0.3, 0.4) is 0 Å². The number of allylic oxidation sites excluding steroid dienone is 8. The maximum absolute atomic E-state index is 12.1. The van der Waals surface area contributed by atoms with Gasteiger partial charge in [-0.05, 0) is 45.1 Å². The van der Waals surface area contributed by atoms with E-state index >= 15 is 0 Å². The molecule has 0 saturated heterocycles. The molecule has 0 aromatic heterocycles. The summed E-state index contributed by atoms with van der Waals surface area (Å²) < 4.78 is 0. The van der Waals surface area contributed by atoms with E-state index in [0.29, 0.717) is 6.42 Å². The zero-order chi connectivity index (χ0) is 16.7. The predicted molar refractivity (Wildman–Crippen MR) is 90.4 cm³/mol. The number of carbonyl (C=O) groups is 2. The molecule has 2 rings (SSSR count). The van der Waals surface area contributed by atoms with Crippen molar-refractivity contribution in [2.45, 2.75) is 48.0 Å². The molecule has 0 aromatic carbocycles. The van der Waals surface area contributed by atoms with Gasteiger partial charge in [-0.3, -0.25) is 9.59 Å². The van der Waals surface area contributed by atoms with E-state index in [9.17, 15) is 9.59 Å². The van der Waals surface area contributed by atoms with Gasteiger partial charge in [-0.25, -0.2) is 0 Å². The maximum Gasteiger partial charge on any atom is 0.156 e. The van der Waals surface area contributed by atoms with Crippen molar-refractivity contribution in [1.29, 1.82) is 0 Å². The summed E-state index contributed by atoms with van der Waals surface area (Å²) in [5.41, 5.74) is 4.08. The minimum absolute atomic E-state index is 0.0504. The first-order valence-electron chi connectivity index (χ1n) is 7.94. The molecule has 0 aliphatic heterocycles. The van der Waals surface area contributed by atoms with Crippen molar-refractivity contribution in [3.63, 3.8) is 0 Å². The summed E-state index contributed by atoms with van der Waals surface area (Å²) in [6.45, 7) is 11.8. The average Bonchev–Trinajstić information content (AvgIpc) is 2.78. The van der Waals surface area contributed by atoms with Crippen molar-refractivity contribution in [3.8, 4) is 0 Å². The second kappa shape index (κ2) is 5.83. The third kappa shape index (κ3) is 2.92. The van der Waals surface area contributed by atoms with E-state index in [4.69, 9.17) is 0 Å². The van der Waals surface area contributed by atoms with Crippen LogP contribution in [-0.4, -0.2) is 11.6 Å². The molecule has 2 atom stereocenters. The Morgan fingerprint density at radius 3 is 2.18 bits per heavy atom. The Hall–Kier alpha value is -1.70. The monoisotopic (exact) mass is 298 g/mol. The van der Waals surface area contributed by atoms with Crippen molar-refractivity contribution >= 4 is 11.6 Å². The lowest BCUT2D eigenvalue weighted by Gasteiger charge is -2.30. The van der Waals surface area contributed by atoms with Gasteiger partial charge < -0.3 is 0 Å². The van der Waals surface area contributed by atoms with E-state index in [0.717, 1.165) is 11.1 Å². The second-order valence-corrected chi connectivity index (χ2v) is 7.26. The summed E-state index contributed by atoms with van der Waals surface area (Å²) in [5.74, 6) is 0.348. The molecule has 2 nitrogen and oxygen atoms in total. The zero-order valence-corrected chi connectivity index (χ0v) is 14.5. The largest absolute Gasteiger partial charge is 0.295 e. The van der Waals surface area contributed by atoms with Gasteiger partial charge >= 0.3 is 0 Å². The third-order valence-electron chi connectivity index (χ3n) is 4.84. The normalized spacial score (nSPS) is 26.5. The van der Waals surface area contributed by atoms with Crippen molar-refractivity contribution in [3.05, 3.63) is 46.6 Å². The Kier molecular flexibility index (Phi) is 4.42. The molecule has 2 aliphatic carbocycles. The number of fused-ring (bicyclic) bond motifs is 2. The van der Waals surface area contributed by atoms with Gasteiger partial charge in [-0.1, -0.05) is 49.3 Å². The molecule has 0 heterocycles. The first-order chi connectivity index (χ1) is 10.1. The van der Waals surface area contributed by atoms with Gasteiger partial charge in [0.1, 0.15) is 0 Å². The van der Waals surface area contributed by atoms with Gasteiger partial charge in [-0.2, -0.15) is 0 Å². The first-order valence-corrected chi connectivity index (χ1v) is 7.94. The predicted octanol–water partition coefficient (Wildman–Crippen LogP) is 4.59. The average molecular weight is 298 g/mol. The number of Topliss-reactive ketones (excluding diaryl/α,β-unsaturated/α-hetero) is 2. The van der Waals surface area contributed by atoms with Gasteiger partial charge in [0.2, 0.25) is 0 Å². The molecule has 2 heteroatoms. The SMILES string of the molecule is CC(=O)C1=CC2C(C(C)=O)=CC(C2=C(C)C)C(C)(C)C=CC1. The number of carbonyl (C=O) groups excluding carboxylic acids is 2. The van der Waals surface area contributed by atoms with E-state index in [-0.39, 0.29) is 28.8 Å². The standard InChI is InChI=1S/C20H26O2/c1-12(2)19-17-10-15(13(3)21)8-7-9-20(5,6)18(19)11-16(17)14(4)22/h7,9-11,17-18H,8H2,1-6H3. The van der Waals surface area contributed by atoms with Gasteiger partial charge in [0.15, 0.2) is 11.6 Å². The summed E-state index contributed by atoms with van der Waals surface area (Å²) in [6, 6.07) is 0. The first kappa shape index (κ1) is 16.7. The van der Waals surface area contributed by atoms with Crippen LogP contribution in [0, 0.1) is 17.3 Å². The van der Waals surface area contributed by atoms with Crippen molar-refractivity contribution in [2.24, 2.45) is 17.3 Å². The van der Waals surface area contributed by atoms with Crippen LogP contribution in [0.25, 0.3) is 0 Å². The lowest BCUT2D eigenvalue weighted by atomic mass is 9.73. The van der Waals surface area contributed by atoms with Crippen LogP contribution in [-0.2, 0) is 9.59 Å². The highest BCUT2D eigenvalue weighted by molar-refractivity contribution is 5.97. The van der Waals surface area contributed by atoms with Crippen LogP contribution in [0.2, 0.25) is 0 Å². The molecule has 118 valence electrons. The van der Waals surface area contributed by atoms with Crippen LogP contribution in [0.1, 0.15) is 48.0 Å². The Bertz CT molecular complexity index is 635. The molecule has 0 fully saturated rings. The van der Waals surface area contributed by atoms with Gasteiger partial charge in [-0.15, -0.1) is 0 Å². The van der Waals surface area contributed by atoms with Crippen LogP contribution in [0.5, 0.6) is 0 Å². The molecule has 0 aromatic rings. The number of hydrogen-bond donors (Lipinski definition) is 0. The maximum atomic E-state index is 12.1. The summed E-state index contributed by atoms with van der Waals surface area (Å²) in [7, 11) is 0. The summed E-state index contributed by atoms with van der Waals surface area (Å²) in [5, 5.41) is 0. The van der Waals surface area contributed by atoms with E-state index in [2.05, 4.69) is 45.9 Å². The van der Waals surface area contributed by atoms with Crippen LogP contribution in [0.4, 0.5) is 0 Å². The molecule has 2 unspecified atom stereocenters. The van der Waals surface area contributed by atoms with E-state index in [1.165, 1.54) is 11.1 Å². The summed E-state index contributed by atoms with van der Waals surface area (Å²) in [6.07, 6.45) is 9.07. The Labute approximate surface area is 133 Å². The van der Waals surface area contributed by atoms with E-state index in [1.807, 2.05) is 6.08 Å². The Morgan fingerprint density at radius 2 is 1.68 bits per heavy atom.